The molecule has 0 saturated carbocycles. The first-order valence-corrected chi connectivity index (χ1v) is 6.65. The van der Waals surface area contributed by atoms with Gasteiger partial charge in [-0.1, -0.05) is 6.92 Å². The minimum absolute atomic E-state index is 0.000237. The molecular formula is C14H22N4O. The second kappa shape index (κ2) is 6.54. The highest BCUT2D eigenvalue weighted by molar-refractivity contribution is 5.15. The molecule has 0 saturated heterocycles. The number of likely N-dealkylation sites (N-methyl/N-ethyl adjacent to an activating group) is 1. The van der Waals surface area contributed by atoms with E-state index in [1.807, 2.05) is 36.1 Å². The molecular weight excluding hydrogens is 240 g/mol. The summed E-state index contributed by atoms with van der Waals surface area (Å²) < 4.78 is 7.55. The lowest BCUT2D eigenvalue weighted by atomic mass is 10.2. The molecule has 1 unspecified atom stereocenters. The molecule has 1 atom stereocenters. The van der Waals surface area contributed by atoms with Gasteiger partial charge >= 0.3 is 0 Å². The maximum absolute atomic E-state index is 5.53. The highest BCUT2D eigenvalue weighted by atomic mass is 16.3. The van der Waals surface area contributed by atoms with E-state index in [1.165, 1.54) is 0 Å². The number of imidazole rings is 1. The molecule has 5 heteroatoms. The minimum Gasteiger partial charge on any atom is -0.467 e. The van der Waals surface area contributed by atoms with Gasteiger partial charge in [-0.25, -0.2) is 4.98 Å². The first-order chi connectivity index (χ1) is 9.22. The summed E-state index contributed by atoms with van der Waals surface area (Å²) in [6.07, 6.45) is 5.46. The van der Waals surface area contributed by atoms with E-state index in [9.17, 15) is 0 Å². The average Bonchev–Trinajstić information content (AvgIpc) is 3.06. The number of nitrogens with zero attached hydrogens (tertiary/aromatic N) is 3. The summed E-state index contributed by atoms with van der Waals surface area (Å²) in [5, 5.41) is 3.51. The third-order valence-electron chi connectivity index (χ3n) is 3.33. The van der Waals surface area contributed by atoms with Gasteiger partial charge in [0.1, 0.15) is 17.6 Å². The second-order valence-electron chi connectivity index (χ2n) is 4.69. The predicted molar refractivity (Wildman–Crippen MR) is 74.9 cm³/mol. The van der Waals surface area contributed by atoms with Crippen molar-refractivity contribution in [2.24, 2.45) is 7.05 Å². The normalized spacial score (nSPS) is 13.1. The smallest absolute Gasteiger partial charge is 0.133 e. The third-order valence-corrected chi connectivity index (χ3v) is 3.33. The van der Waals surface area contributed by atoms with E-state index in [0.29, 0.717) is 0 Å². The highest BCUT2D eigenvalue weighted by Crippen LogP contribution is 2.20. The summed E-state index contributed by atoms with van der Waals surface area (Å²) in [5.74, 6) is 1.86. The first kappa shape index (κ1) is 13.8. The molecule has 0 aliphatic rings. The molecule has 0 fully saturated rings. The number of hydrogen-bond acceptors (Lipinski definition) is 4. The Morgan fingerprint density at radius 2 is 2.37 bits per heavy atom. The molecule has 5 nitrogen and oxygen atoms in total. The number of aromatic nitrogens is 2. The zero-order valence-electron chi connectivity index (χ0n) is 11.8. The molecule has 1 N–H and O–H groups in total. The summed E-state index contributed by atoms with van der Waals surface area (Å²) in [6.45, 7) is 5.10. The highest BCUT2D eigenvalue weighted by Gasteiger charge is 2.20. The fourth-order valence-electron chi connectivity index (χ4n) is 1.99. The number of rotatable bonds is 7. The van der Waals surface area contributed by atoms with Crippen LogP contribution in [0, 0.1) is 0 Å². The zero-order valence-corrected chi connectivity index (χ0v) is 11.8. The van der Waals surface area contributed by atoms with Crippen molar-refractivity contribution in [2.45, 2.75) is 13.0 Å². The van der Waals surface area contributed by atoms with Crippen molar-refractivity contribution in [3.05, 3.63) is 42.4 Å². The lowest BCUT2D eigenvalue weighted by molar-refractivity contribution is 0.335. The molecule has 0 amide bonds. The Hall–Kier alpha value is -1.59. The fourth-order valence-corrected chi connectivity index (χ4v) is 1.99. The van der Waals surface area contributed by atoms with E-state index in [-0.39, 0.29) is 6.04 Å². The van der Waals surface area contributed by atoms with Gasteiger partial charge in [-0.2, -0.15) is 0 Å². The number of furan rings is 1. The largest absolute Gasteiger partial charge is 0.467 e. The Labute approximate surface area is 114 Å². The summed E-state index contributed by atoms with van der Waals surface area (Å²) in [5.41, 5.74) is 0. The van der Waals surface area contributed by atoms with Crippen LogP contribution in [0.25, 0.3) is 0 Å². The van der Waals surface area contributed by atoms with E-state index in [0.717, 1.165) is 31.2 Å². The summed E-state index contributed by atoms with van der Waals surface area (Å²) in [4.78, 5) is 6.69. The van der Waals surface area contributed by atoms with Gasteiger partial charge in [-0.15, -0.1) is 0 Å². The van der Waals surface area contributed by atoms with Gasteiger partial charge in [0.05, 0.1) is 6.26 Å². The maximum atomic E-state index is 5.53. The average molecular weight is 262 g/mol. The summed E-state index contributed by atoms with van der Waals surface area (Å²) >= 11 is 0. The van der Waals surface area contributed by atoms with Crippen LogP contribution in [0.2, 0.25) is 0 Å². The van der Waals surface area contributed by atoms with Crippen molar-refractivity contribution in [2.75, 3.05) is 26.7 Å². The van der Waals surface area contributed by atoms with Crippen molar-refractivity contribution >= 4 is 0 Å². The minimum atomic E-state index is 0.000237. The Bertz CT molecular complexity index is 477. The van der Waals surface area contributed by atoms with E-state index < -0.39 is 0 Å². The van der Waals surface area contributed by atoms with Crippen molar-refractivity contribution in [3.63, 3.8) is 0 Å². The van der Waals surface area contributed by atoms with Gasteiger partial charge in [0, 0.05) is 32.5 Å². The first-order valence-electron chi connectivity index (χ1n) is 6.65. The van der Waals surface area contributed by atoms with Crippen molar-refractivity contribution < 1.29 is 4.42 Å². The van der Waals surface area contributed by atoms with Gasteiger partial charge in [-0.3, -0.25) is 5.32 Å². The molecule has 0 aliphatic carbocycles. The van der Waals surface area contributed by atoms with E-state index in [2.05, 4.69) is 29.2 Å². The molecule has 2 heterocycles. The maximum Gasteiger partial charge on any atom is 0.133 e. The van der Waals surface area contributed by atoms with Crippen LogP contribution in [0.3, 0.4) is 0 Å². The van der Waals surface area contributed by atoms with E-state index in [1.54, 1.807) is 6.26 Å². The lowest BCUT2D eigenvalue weighted by Crippen LogP contribution is -2.33. The quantitative estimate of drug-likeness (QED) is 0.824. The van der Waals surface area contributed by atoms with Crippen LogP contribution in [0.4, 0.5) is 0 Å². The van der Waals surface area contributed by atoms with Crippen LogP contribution in [0.1, 0.15) is 24.6 Å². The number of hydrogen-bond donors (Lipinski definition) is 1. The Morgan fingerprint density at radius 1 is 1.53 bits per heavy atom. The van der Waals surface area contributed by atoms with Crippen LogP contribution in [-0.4, -0.2) is 41.1 Å². The molecule has 2 aromatic heterocycles. The number of aryl methyl sites for hydroxylation is 1. The van der Waals surface area contributed by atoms with Crippen LogP contribution in [0.5, 0.6) is 0 Å². The molecule has 0 bridgehead atoms. The van der Waals surface area contributed by atoms with Gasteiger partial charge in [0.2, 0.25) is 0 Å². The van der Waals surface area contributed by atoms with E-state index >= 15 is 0 Å². The Kier molecular flexibility index (Phi) is 4.76. The second-order valence-corrected chi connectivity index (χ2v) is 4.69. The number of nitrogens with one attached hydrogen (secondary N) is 1. The molecule has 19 heavy (non-hydrogen) atoms. The van der Waals surface area contributed by atoms with E-state index in [4.69, 9.17) is 4.42 Å². The Balaban J connectivity index is 2.06. The summed E-state index contributed by atoms with van der Waals surface area (Å²) in [7, 11) is 4.11. The Morgan fingerprint density at radius 3 is 2.95 bits per heavy atom. The van der Waals surface area contributed by atoms with Crippen molar-refractivity contribution in [1.29, 1.82) is 0 Å². The molecule has 104 valence electrons. The van der Waals surface area contributed by atoms with Crippen molar-refractivity contribution in [1.82, 2.24) is 19.8 Å². The zero-order chi connectivity index (χ0) is 13.7. The van der Waals surface area contributed by atoms with Crippen LogP contribution in [-0.2, 0) is 7.05 Å². The summed E-state index contributed by atoms with van der Waals surface area (Å²) in [6, 6.07) is 3.89. The monoisotopic (exact) mass is 262 g/mol. The molecule has 2 aromatic rings. The van der Waals surface area contributed by atoms with Gasteiger partial charge in [0.15, 0.2) is 0 Å². The molecule has 0 aromatic carbocycles. The topological polar surface area (TPSA) is 46.2 Å². The fraction of sp³-hybridized carbons (Fsp3) is 0.500. The van der Waals surface area contributed by atoms with Gasteiger partial charge in [-0.05, 0) is 25.7 Å². The van der Waals surface area contributed by atoms with Gasteiger partial charge < -0.3 is 13.9 Å². The SMILES string of the molecule is CCN(C)CCNC(c1ccco1)c1nccn1C. The molecule has 2 rings (SSSR count). The lowest BCUT2D eigenvalue weighted by Gasteiger charge is -2.19. The molecule has 0 aliphatic heterocycles. The predicted octanol–water partition coefficient (Wildman–Crippen LogP) is 1.64. The van der Waals surface area contributed by atoms with Gasteiger partial charge in [0.25, 0.3) is 0 Å². The van der Waals surface area contributed by atoms with Crippen molar-refractivity contribution in [3.8, 4) is 0 Å². The standard InChI is InChI=1S/C14H22N4O/c1-4-17(2)9-7-15-13(12-6-5-11-19-12)14-16-8-10-18(14)3/h5-6,8,10-11,13,15H,4,7,9H2,1-3H3. The van der Waals surface area contributed by atoms with Crippen LogP contribution < -0.4 is 5.32 Å². The molecule has 0 radical (unpaired) electrons. The third kappa shape index (κ3) is 3.45. The van der Waals surface area contributed by atoms with Crippen LogP contribution >= 0.6 is 0 Å². The molecule has 0 spiro atoms. The van der Waals surface area contributed by atoms with Crippen LogP contribution in [0.15, 0.2) is 35.2 Å².